The number of benzene rings is 2. The van der Waals surface area contributed by atoms with Crippen LogP contribution in [0, 0.1) is 11.2 Å². The summed E-state index contributed by atoms with van der Waals surface area (Å²) < 4.78 is 51.4. The van der Waals surface area contributed by atoms with E-state index in [1.54, 1.807) is 12.3 Å². The smallest absolute Gasteiger partial charge is 0.398 e. The molecule has 4 N–H and O–H groups in total. The zero-order valence-corrected chi connectivity index (χ0v) is 16.0. The number of nitrogen functional groups attached to an aromatic ring is 1. The van der Waals surface area contributed by atoms with E-state index in [0.717, 1.165) is 22.6 Å². The van der Waals surface area contributed by atoms with Crippen LogP contribution in [0.2, 0.25) is 0 Å². The fourth-order valence-corrected chi connectivity index (χ4v) is 3.61. The Hall–Kier alpha value is -2.94. The highest BCUT2D eigenvalue weighted by atomic mass is 32.1. The Morgan fingerprint density at radius 2 is 1.97 bits per heavy atom. The number of aryl methyl sites for hydroxylation is 1. The maximum absolute atomic E-state index is 13.6. The monoisotopic (exact) mass is 422 g/mol. The lowest BCUT2D eigenvalue weighted by Crippen LogP contribution is -2.08. The normalized spacial score (nSPS) is 11.4. The van der Waals surface area contributed by atoms with Crippen molar-refractivity contribution in [2.75, 3.05) is 17.6 Å². The van der Waals surface area contributed by atoms with Gasteiger partial charge in [-0.05, 0) is 48.2 Å². The largest absolute Gasteiger partial charge is 0.419 e. The maximum atomic E-state index is 13.6. The van der Waals surface area contributed by atoms with Crippen LogP contribution in [0.25, 0.3) is 10.4 Å². The van der Waals surface area contributed by atoms with Gasteiger partial charge < -0.3 is 16.5 Å². The molecule has 29 heavy (non-hydrogen) atoms. The third kappa shape index (κ3) is 5.11. The molecular weight excluding hydrogens is 404 g/mol. The summed E-state index contributed by atoms with van der Waals surface area (Å²) in [5, 5.41) is 11.2. The van der Waals surface area contributed by atoms with Crippen molar-refractivity contribution in [1.29, 1.82) is 5.41 Å². The van der Waals surface area contributed by atoms with Gasteiger partial charge in [-0.3, -0.25) is 0 Å². The van der Waals surface area contributed by atoms with E-state index in [1.807, 2.05) is 12.1 Å². The number of nitrogens with zero attached hydrogens (tertiary/aromatic N) is 1. The van der Waals surface area contributed by atoms with E-state index in [2.05, 4.69) is 10.3 Å². The van der Waals surface area contributed by atoms with Gasteiger partial charge in [0.05, 0.1) is 10.4 Å². The molecule has 0 saturated carbocycles. The highest BCUT2D eigenvalue weighted by molar-refractivity contribution is 7.18. The van der Waals surface area contributed by atoms with Crippen LogP contribution in [-0.4, -0.2) is 17.7 Å². The highest BCUT2D eigenvalue weighted by Gasteiger charge is 2.33. The molecular formula is C20H18F4N4S. The zero-order valence-electron chi connectivity index (χ0n) is 15.2. The second kappa shape index (κ2) is 8.60. The van der Waals surface area contributed by atoms with Crippen LogP contribution in [-0.2, 0) is 12.6 Å². The average molecular weight is 422 g/mol. The number of anilines is 2. The third-order valence-electron chi connectivity index (χ3n) is 4.29. The fourth-order valence-electron chi connectivity index (χ4n) is 2.77. The first-order valence-corrected chi connectivity index (χ1v) is 9.55. The van der Waals surface area contributed by atoms with Gasteiger partial charge in [0.2, 0.25) is 0 Å². The summed E-state index contributed by atoms with van der Waals surface area (Å²) in [4.78, 5) is 5.22. The Morgan fingerprint density at radius 1 is 1.17 bits per heavy atom. The van der Waals surface area contributed by atoms with Crippen LogP contribution in [0.3, 0.4) is 0 Å². The van der Waals surface area contributed by atoms with E-state index in [-0.39, 0.29) is 0 Å². The molecule has 0 fully saturated rings. The molecule has 0 aliphatic carbocycles. The number of hydrogen-bond donors (Lipinski definition) is 3. The van der Waals surface area contributed by atoms with Crippen molar-refractivity contribution >= 4 is 28.4 Å². The SMILES string of the molecule is N=Cc1cc(-c2cnc(NCCCc3ccc(C(F)(F)F)c(F)c3)s2)ccc1N. The summed E-state index contributed by atoms with van der Waals surface area (Å²) in [6, 6.07) is 8.44. The van der Waals surface area contributed by atoms with Gasteiger partial charge in [0.1, 0.15) is 5.82 Å². The molecule has 3 aromatic rings. The number of aromatic nitrogens is 1. The van der Waals surface area contributed by atoms with Gasteiger partial charge in [-0.2, -0.15) is 13.2 Å². The predicted molar refractivity (Wildman–Crippen MR) is 108 cm³/mol. The minimum Gasteiger partial charge on any atom is -0.398 e. The zero-order chi connectivity index (χ0) is 21.0. The number of alkyl halides is 3. The average Bonchev–Trinajstić information content (AvgIpc) is 3.13. The van der Waals surface area contributed by atoms with Gasteiger partial charge in [0.15, 0.2) is 5.13 Å². The van der Waals surface area contributed by atoms with Crippen LogP contribution in [0.4, 0.5) is 28.4 Å². The number of hydrogen-bond acceptors (Lipinski definition) is 5. The molecule has 4 nitrogen and oxygen atoms in total. The van der Waals surface area contributed by atoms with E-state index in [0.29, 0.717) is 41.3 Å². The van der Waals surface area contributed by atoms with E-state index in [4.69, 9.17) is 11.1 Å². The molecule has 0 atom stereocenters. The molecule has 0 spiro atoms. The highest BCUT2D eigenvalue weighted by Crippen LogP contribution is 2.32. The van der Waals surface area contributed by atoms with Crippen LogP contribution in [0.5, 0.6) is 0 Å². The summed E-state index contributed by atoms with van der Waals surface area (Å²) >= 11 is 1.44. The van der Waals surface area contributed by atoms with Crippen molar-refractivity contribution < 1.29 is 17.6 Å². The molecule has 0 radical (unpaired) electrons. The van der Waals surface area contributed by atoms with Gasteiger partial charge in [-0.25, -0.2) is 9.37 Å². The third-order valence-corrected chi connectivity index (χ3v) is 5.29. The lowest BCUT2D eigenvalue weighted by molar-refractivity contribution is -0.140. The molecule has 152 valence electrons. The van der Waals surface area contributed by atoms with Crippen LogP contribution in [0.1, 0.15) is 23.1 Å². The molecule has 0 bridgehead atoms. The molecule has 0 aliphatic rings. The van der Waals surface area contributed by atoms with Gasteiger partial charge >= 0.3 is 6.18 Å². The quantitative estimate of drug-likeness (QED) is 0.201. The number of nitrogens with one attached hydrogen (secondary N) is 2. The number of thiazole rings is 1. The number of halogens is 4. The van der Waals surface area contributed by atoms with Crippen molar-refractivity contribution in [3.63, 3.8) is 0 Å². The lowest BCUT2D eigenvalue weighted by atomic mass is 10.1. The summed E-state index contributed by atoms with van der Waals surface area (Å²) in [5.74, 6) is -1.25. The summed E-state index contributed by atoms with van der Waals surface area (Å²) in [6.45, 7) is 0.545. The van der Waals surface area contributed by atoms with Gasteiger partial charge in [-0.1, -0.05) is 23.5 Å². The minimum absolute atomic E-state index is 0.445. The maximum Gasteiger partial charge on any atom is 0.419 e. The van der Waals surface area contributed by atoms with E-state index in [1.165, 1.54) is 23.6 Å². The predicted octanol–water partition coefficient (Wildman–Crippen LogP) is 5.59. The Kier molecular flexibility index (Phi) is 6.17. The Labute approximate surface area is 168 Å². The van der Waals surface area contributed by atoms with Crippen LogP contribution < -0.4 is 11.1 Å². The van der Waals surface area contributed by atoms with Crippen molar-refractivity contribution in [2.24, 2.45) is 0 Å². The molecule has 0 unspecified atom stereocenters. The van der Waals surface area contributed by atoms with E-state index >= 15 is 0 Å². The van der Waals surface area contributed by atoms with Crippen molar-refractivity contribution in [3.8, 4) is 10.4 Å². The van der Waals surface area contributed by atoms with Crippen molar-refractivity contribution in [1.82, 2.24) is 4.98 Å². The molecule has 0 aliphatic heterocycles. The molecule has 1 heterocycles. The second-order valence-electron chi connectivity index (χ2n) is 6.36. The summed E-state index contributed by atoms with van der Waals surface area (Å²) in [6.07, 6.45) is -0.711. The second-order valence-corrected chi connectivity index (χ2v) is 7.39. The Morgan fingerprint density at radius 3 is 2.66 bits per heavy atom. The van der Waals surface area contributed by atoms with Crippen molar-refractivity contribution in [2.45, 2.75) is 19.0 Å². The molecule has 3 rings (SSSR count). The van der Waals surface area contributed by atoms with E-state index in [9.17, 15) is 17.6 Å². The number of rotatable bonds is 7. The standard InChI is InChI=1S/C20H18F4N4S/c21-16-8-12(3-5-15(16)20(22,23)24)2-1-7-27-19-28-11-18(29-19)13-4-6-17(26)14(9-13)10-25/h3-6,8-11,25H,1-2,7,26H2,(H,27,28). The van der Waals surface area contributed by atoms with Crippen LogP contribution >= 0.6 is 11.3 Å². The first-order valence-electron chi connectivity index (χ1n) is 8.73. The van der Waals surface area contributed by atoms with E-state index < -0.39 is 17.6 Å². The van der Waals surface area contributed by atoms with Crippen LogP contribution in [0.15, 0.2) is 42.6 Å². The first kappa shape index (κ1) is 20.8. The molecule has 0 amide bonds. The summed E-state index contributed by atoms with van der Waals surface area (Å²) in [5.41, 5.74) is 7.13. The summed E-state index contributed by atoms with van der Waals surface area (Å²) in [7, 11) is 0. The fraction of sp³-hybridized carbons (Fsp3) is 0.200. The van der Waals surface area contributed by atoms with Gasteiger partial charge in [0, 0.05) is 30.2 Å². The lowest BCUT2D eigenvalue weighted by Gasteiger charge is -2.09. The Bertz CT molecular complexity index is 1010. The molecule has 0 saturated heterocycles. The topological polar surface area (TPSA) is 74.8 Å². The molecule has 1 aromatic heterocycles. The van der Waals surface area contributed by atoms with Gasteiger partial charge in [-0.15, -0.1) is 0 Å². The first-order chi connectivity index (χ1) is 13.8. The molecule has 9 heteroatoms. The van der Waals surface area contributed by atoms with Crippen molar-refractivity contribution in [3.05, 3.63) is 65.1 Å². The number of nitrogens with two attached hydrogens (primary N) is 1. The minimum atomic E-state index is -4.68. The molecule has 2 aromatic carbocycles. The van der Waals surface area contributed by atoms with Gasteiger partial charge in [0.25, 0.3) is 0 Å². The Balaban J connectivity index is 1.54.